The SMILES string of the molecule is CC(C)(C)[C@H]1COC(c2cc3ccc2CCc2ccc(cc2P(c2ccccc2)c2ccccc2)CC3)=N1. The number of aliphatic imine (C=N–C) groups is 1. The fourth-order valence-corrected chi connectivity index (χ4v) is 8.05. The van der Waals surface area contributed by atoms with Gasteiger partial charge in [0.15, 0.2) is 0 Å². The van der Waals surface area contributed by atoms with Crippen molar-refractivity contribution >= 4 is 29.7 Å². The van der Waals surface area contributed by atoms with Crippen molar-refractivity contribution in [2.75, 3.05) is 6.61 Å². The van der Waals surface area contributed by atoms with Gasteiger partial charge in [0, 0.05) is 5.56 Å². The quantitative estimate of drug-likeness (QED) is 0.283. The molecule has 0 aromatic heterocycles. The summed E-state index contributed by atoms with van der Waals surface area (Å²) in [5.41, 5.74) is 6.85. The van der Waals surface area contributed by atoms with Crippen LogP contribution in [0.5, 0.6) is 0 Å². The first-order chi connectivity index (χ1) is 18.5. The molecule has 4 aromatic carbocycles. The molecule has 1 heterocycles. The molecular formula is C35H36NOP. The maximum Gasteiger partial charge on any atom is 0.216 e. The average molecular weight is 518 g/mol. The van der Waals surface area contributed by atoms with Gasteiger partial charge in [0.1, 0.15) is 6.61 Å². The molecule has 0 saturated carbocycles. The van der Waals surface area contributed by atoms with Crippen LogP contribution in [-0.2, 0) is 30.4 Å². The van der Waals surface area contributed by atoms with Crippen LogP contribution in [0.3, 0.4) is 0 Å². The smallest absolute Gasteiger partial charge is 0.216 e. The molecule has 1 atom stereocenters. The molecule has 1 aliphatic heterocycles. The van der Waals surface area contributed by atoms with Crippen LogP contribution in [0.1, 0.15) is 48.6 Å². The Kier molecular flexibility index (Phi) is 6.93. The van der Waals surface area contributed by atoms with Crippen LogP contribution in [0.2, 0.25) is 0 Å². The average Bonchev–Trinajstić information content (AvgIpc) is 3.43. The van der Waals surface area contributed by atoms with E-state index in [-0.39, 0.29) is 11.5 Å². The minimum atomic E-state index is -0.640. The van der Waals surface area contributed by atoms with Crippen molar-refractivity contribution in [3.63, 3.8) is 0 Å². The molecule has 4 aromatic rings. The zero-order valence-electron chi connectivity index (χ0n) is 22.7. The van der Waals surface area contributed by atoms with Crippen molar-refractivity contribution in [2.45, 2.75) is 52.5 Å². The predicted molar refractivity (Wildman–Crippen MR) is 162 cm³/mol. The Bertz CT molecular complexity index is 1410. The molecule has 9 rings (SSSR count). The summed E-state index contributed by atoms with van der Waals surface area (Å²) in [5.74, 6) is 0.837. The van der Waals surface area contributed by atoms with Gasteiger partial charge in [0.25, 0.3) is 0 Å². The Morgan fingerprint density at radius 2 is 1.26 bits per heavy atom. The third-order valence-electron chi connectivity index (χ3n) is 7.84. The van der Waals surface area contributed by atoms with E-state index in [4.69, 9.17) is 9.73 Å². The van der Waals surface area contributed by atoms with E-state index >= 15 is 0 Å². The second-order valence-electron chi connectivity index (χ2n) is 11.6. The Labute approximate surface area is 228 Å². The van der Waals surface area contributed by atoms with E-state index in [1.807, 2.05) is 0 Å². The van der Waals surface area contributed by atoms with Gasteiger partial charge < -0.3 is 4.74 Å². The fourth-order valence-electron chi connectivity index (χ4n) is 5.48. The van der Waals surface area contributed by atoms with Crippen molar-refractivity contribution in [3.8, 4) is 0 Å². The molecule has 0 N–H and O–H groups in total. The van der Waals surface area contributed by atoms with Gasteiger partial charge in [0.2, 0.25) is 5.90 Å². The first kappa shape index (κ1) is 25.1. The summed E-state index contributed by atoms with van der Waals surface area (Å²) in [6.07, 6.45) is 4.00. The number of rotatable bonds is 4. The highest BCUT2D eigenvalue weighted by atomic mass is 31.1. The lowest BCUT2D eigenvalue weighted by Crippen LogP contribution is -2.25. The first-order valence-corrected chi connectivity index (χ1v) is 15.1. The third-order valence-corrected chi connectivity index (χ3v) is 10.4. The summed E-state index contributed by atoms with van der Waals surface area (Å²) in [6.45, 7) is 7.42. The molecule has 0 fully saturated rings. The second kappa shape index (κ2) is 10.5. The molecular weight excluding hydrogens is 481 g/mol. The largest absolute Gasteiger partial charge is 0.475 e. The van der Waals surface area contributed by atoms with Gasteiger partial charge in [-0.05, 0) is 83.3 Å². The summed E-state index contributed by atoms with van der Waals surface area (Å²) in [5, 5.41) is 4.31. The summed E-state index contributed by atoms with van der Waals surface area (Å²) >= 11 is 0. The van der Waals surface area contributed by atoms with E-state index in [0.29, 0.717) is 6.61 Å². The number of hydrogen-bond donors (Lipinski definition) is 0. The number of hydrogen-bond acceptors (Lipinski definition) is 2. The van der Waals surface area contributed by atoms with E-state index < -0.39 is 7.92 Å². The monoisotopic (exact) mass is 517 g/mol. The minimum Gasteiger partial charge on any atom is -0.475 e. The van der Waals surface area contributed by atoms with Gasteiger partial charge in [-0.2, -0.15) is 0 Å². The molecule has 4 aliphatic carbocycles. The normalized spacial score (nSPS) is 17.2. The van der Waals surface area contributed by atoms with Crippen LogP contribution >= 0.6 is 7.92 Å². The fraction of sp³-hybridized carbons (Fsp3) is 0.286. The van der Waals surface area contributed by atoms with E-state index in [1.165, 1.54) is 43.7 Å². The number of nitrogens with zero attached hydrogens (tertiary/aromatic N) is 1. The first-order valence-electron chi connectivity index (χ1n) is 13.8. The summed E-state index contributed by atoms with van der Waals surface area (Å²) in [4.78, 5) is 5.06. The zero-order chi connectivity index (χ0) is 26.1. The lowest BCUT2D eigenvalue weighted by atomic mass is 9.88. The van der Waals surface area contributed by atoms with Crippen LogP contribution in [0.4, 0.5) is 0 Å². The summed E-state index contributed by atoms with van der Waals surface area (Å²) in [6, 6.07) is 36.6. The van der Waals surface area contributed by atoms with Gasteiger partial charge in [-0.3, -0.25) is 0 Å². The minimum absolute atomic E-state index is 0.0997. The van der Waals surface area contributed by atoms with Crippen molar-refractivity contribution in [1.29, 1.82) is 0 Å². The van der Waals surface area contributed by atoms with E-state index in [9.17, 15) is 0 Å². The lowest BCUT2D eigenvalue weighted by Gasteiger charge is -2.24. The van der Waals surface area contributed by atoms with Crippen LogP contribution in [0.25, 0.3) is 0 Å². The molecule has 4 bridgehead atoms. The number of benzene rings is 4. The van der Waals surface area contributed by atoms with E-state index in [2.05, 4.69) is 118 Å². The van der Waals surface area contributed by atoms with Crippen molar-refractivity contribution in [1.82, 2.24) is 0 Å². The topological polar surface area (TPSA) is 21.6 Å². The Hall–Kier alpha value is -3.22. The highest BCUT2D eigenvalue weighted by Crippen LogP contribution is 2.36. The van der Waals surface area contributed by atoms with Crippen LogP contribution in [0.15, 0.2) is 102 Å². The van der Waals surface area contributed by atoms with Gasteiger partial charge >= 0.3 is 0 Å². The molecule has 3 heteroatoms. The van der Waals surface area contributed by atoms with E-state index in [1.54, 1.807) is 0 Å². The Balaban J connectivity index is 1.41. The predicted octanol–water partition coefficient (Wildman–Crippen LogP) is 6.52. The van der Waals surface area contributed by atoms with Gasteiger partial charge in [-0.1, -0.05) is 112 Å². The zero-order valence-corrected chi connectivity index (χ0v) is 23.5. The molecule has 38 heavy (non-hydrogen) atoms. The molecule has 0 saturated heterocycles. The molecule has 0 radical (unpaired) electrons. The maximum absolute atomic E-state index is 6.23. The van der Waals surface area contributed by atoms with Gasteiger partial charge in [-0.15, -0.1) is 0 Å². The highest BCUT2D eigenvalue weighted by molar-refractivity contribution is 7.79. The maximum atomic E-state index is 6.23. The number of ether oxygens (including phenoxy) is 1. The van der Waals surface area contributed by atoms with Crippen LogP contribution in [-0.4, -0.2) is 18.5 Å². The van der Waals surface area contributed by atoms with Gasteiger partial charge in [0.05, 0.1) is 6.04 Å². The highest BCUT2D eigenvalue weighted by Gasteiger charge is 2.31. The van der Waals surface area contributed by atoms with Crippen molar-refractivity contribution < 1.29 is 4.74 Å². The standard InChI is InChI=1S/C35H36NOP/c1-35(2,3)33-24-37-34(36-33)31-22-25-14-15-26-17-19-28(21-20-27(31)18-16-25)32(23-26)38(29-10-6-4-7-11-29)30-12-8-5-9-13-30/h4-13,16-19,22-23,33H,14-15,20-21,24H2,1-3H3/t33-/m1/s1. The molecule has 5 aliphatic rings. The Morgan fingerprint density at radius 3 is 1.87 bits per heavy atom. The molecule has 0 spiro atoms. The molecule has 0 unspecified atom stereocenters. The lowest BCUT2D eigenvalue weighted by molar-refractivity contribution is 0.236. The Morgan fingerprint density at radius 1 is 0.684 bits per heavy atom. The van der Waals surface area contributed by atoms with Crippen LogP contribution in [0, 0.1) is 5.41 Å². The van der Waals surface area contributed by atoms with Gasteiger partial charge in [-0.25, -0.2) is 4.99 Å². The second-order valence-corrected chi connectivity index (χ2v) is 13.8. The number of aryl methyl sites for hydroxylation is 4. The van der Waals surface area contributed by atoms with E-state index in [0.717, 1.165) is 31.6 Å². The third kappa shape index (κ3) is 5.20. The molecule has 0 amide bonds. The van der Waals surface area contributed by atoms with Crippen molar-refractivity contribution in [3.05, 3.63) is 125 Å². The van der Waals surface area contributed by atoms with Crippen molar-refractivity contribution in [2.24, 2.45) is 10.4 Å². The summed E-state index contributed by atoms with van der Waals surface area (Å²) < 4.78 is 6.23. The summed E-state index contributed by atoms with van der Waals surface area (Å²) in [7, 11) is -0.640. The van der Waals surface area contributed by atoms with Crippen LogP contribution < -0.4 is 15.9 Å². The molecule has 192 valence electrons. The molecule has 2 nitrogen and oxygen atoms in total.